The molecule has 0 unspecified atom stereocenters. The topological polar surface area (TPSA) is 9.23 Å². The highest BCUT2D eigenvalue weighted by atomic mass is 35.5. The second kappa shape index (κ2) is 5.71. The average Bonchev–Trinajstić information content (AvgIpc) is 2.36. The molecule has 2 rings (SSSR count). The molecule has 0 N–H and O–H groups in total. The standard InChI is InChI=1S/C14H9ClF4O/c15-8-9-5-10(7-11(16)6-9)12-3-1-2-4-13(12)20-14(17,18)19/h1-7H,8H2. The van der Waals surface area contributed by atoms with Crippen molar-refractivity contribution in [3.05, 3.63) is 53.8 Å². The van der Waals surface area contributed by atoms with Crippen LogP contribution in [-0.2, 0) is 5.88 Å². The molecule has 0 fully saturated rings. The Morgan fingerprint density at radius 3 is 2.40 bits per heavy atom. The smallest absolute Gasteiger partial charge is 0.405 e. The molecule has 6 heteroatoms. The van der Waals surface area contributed by atoms with Gasteiger partial charge in [0, 0.05) is 11.4 Å². The van der Waals surface area contributed by atoms with E-state index in [2.05, 4.69) is 4.74 Å². The van der Waals surface area contributed by atoms with Crippen molar-refractivity contribution in [2.24, 2.45) is 0 Å². The normalized spacial score (nSPS) is 11.4. The van der Waals surface area contributed by atoms with Crippen LogP contribution in [0.25, 0.3) is 11.1 Å². The Balaban J connectivity index is 2.50. The van der Waals surface area contributed by atoms with Crippen molar-refractivity contribution < 1.29 is 22.3 Å². The van der Waals surface area contributed by atoms with Crippen LogP contribution in [-0.4, -0.2) is 6.36 Å². The molecular weight excluding hydrogens is 296 g/mol. The van der Waals surface area contributed by atoms with Crippen LogP contribution in [0.1, 0.15) is 5.56 Å². The summed E-state index contributed by atoms with van der Waals surface area (Å²) < 4.78 is 54.4. The van der Waals surface area contributed by atoms with Crippen molar-refractivity contribution in [1.29, 1.82) is 0 Å². The lowest BCUT2D eigenvalue weighted by molar-refractivity contribution is -0.274. The van der Waals surface area contributed by atoms with E-state index in [1.165, 1.54) is 30.3 Å². The van der Waals surface area contributed by atoms with Gasteiger partial charge in [0.1, 0.15) is 11.6 Å². The number of halogens is 5. The molecule has 0 spiro atoms. The van der Waals surface area contributed by atoms with Gasteiger partial charge in [0.15, 0.2) is 0 Å². The Morgan fingerprint density at radius 1 is 1.05 bits per heavy atom. The van der Waals surface area contributed by atoms with Crippen molar-refractivity contribution in [1.82, 2.24) is 0 Å². The van der Waals surface area contributed by atoms with E-state index in [0.29, 0.717) is 5.56 Å². The number of benzene rings is 2. The fourth-order valence-electron chi connectivity index (χ4n) is 1.80. The van der Waals surface area contributed by atoms with Gasteiger partial charge >= 0.3 is 6.36 Å². The second-order valence-corrected chi connectivity index (χ2v) is 4.29. The van der Waals surface area contributed by atoms with E-state index in [0.717, 1.165) is 6.07 Å². The molecule has 2 aromatic rings. The van der Waals surface area contributed by atoms with E-state index in [1.54, 1.807) is 6.07 Å². The van der Waals surface area contributed by atoms with Crippen molar-refractivity contribution in [3.8, 4) is 16.9 Å². The zero-order valence-electron chi connectivity index (χ0n) is 10.0. The summed E-state index contributed by atoms with van der Waals surface area (Å²) in [6.07, 6.45) is -4.81. The Labute approximate surface area is 117 Å². The minimum absolute atomic E-state index is 0.0626. The number of ether oxygens (including phenoxy) is 1. The fraction of sp³-hybridized carbons (Fsp3) is 0.143. The molecule has 106 valence electrons. The number of hydrogen-bond donors (Lipinski definition) is 0. The van der Waals surface area contributed by atoms with Crippen molar-refractivity contribution in [2.45, 2.75) is 12.2 Å². The van der Waals surface area contributed by atoms with Crippen molar-refractivity contribution >= 4 is 11.6 Å². The van der Waals surface area contributed by atoms with E-state index in [1.807, 2.05) is 0 Å². The van der Waals surface area contributed by atoms with Crippen molar-refractivity contribution in [2.75, 3.05) is 0 Å². The molecule has 20 heavy (non-hydrogen) atoms. The minimum Gasteiger partial charge on any atom is -0.405 e. The summed E-state index contributed by atoms with van der Waals surface area (Å²) in [5.74, 6) is -0.890. The molecular formula is C14H9ClF4O. The molecule has 0 aliphatic carbocycles. The third-order valence-electron chi connectivity index (χ3n) is 2.54. The van der Waals surface area contributed by atoms with Crippen LogP contribution >= 0.6 is 11.6 Å². The molecule has 1 nitrogen and oxygen atoms in total. The molecule has 0 bridgehead atoms. The molecule has 0 saturated heterocycles. The zero-order valence-corrected chi connectivity index (χ0v) is 10.8. The monoisotopic (exact) mass is 304 g/mol. The van der Waals surface area contributed by atoms with Gasteiger partial charge in [-0.05, 0) is 35.4 Å². The zero-order chi connectivity index (χ0) is 14.8. The highest BCUT2D eigenvalue weighted by Gasteiger charge is 2.32. The molecule has 0 radical (unpaired) electrons. The summed E-state index contributed by atoms with van der Waals surface area (Å²) in [6, 6.07) is 9.44. The van der Waals surface area contributed by atoms with Crippen LogP contribution in [0, 0.1) is 5.82 Å². The van der Waals surface area contributed by atoms with Gasteiger partial charge in [0.2, 0.25) is 0 Å². The van der Waals surface area contributed by atoms with E-state index < -0.39 is 12.2 Å². The van der Waals surface area contributed by atoms with E-state index in [-0.39, 0.29) is 22.8 Å². The maximum absolute atomic E-state index is 13.4. The van der Waals surface area contributed by atoms with Gasteiger partial charge in [-0.25, -0.2) is 4.39 Å². The first-order valence-corrected chi connectivity index (χ1v) is 6.13. The van der Waals surface area contributed by atoms with Crippen LogP contribution in [0.15, 0.2) is 42.5 Å². The predicted molar refractivity (Wildman–Crippen MR) is 68.1 cm³/mol. The van der Waals surface area contributed by atoms with Crippen LogP contribution in [0.4, 0.5) is 17.6 Å². The predicted octanol–water partition coefficient (Wildman–Crippen LogP) is 5.13. The van der Waals surface area contributed by atoms with Gasteiger partial charge in [-0.1, -0.05) is 18.2 Å². The highest BCUT2D eigenvalue weighted by Crippen LogP contribution is 2.34. The molecule has 0 aliphatic rings. The van der Waals surface area contributed by atoms with Gasteiger partial charge < -0.3 is 4.74 Å². The van der Waals surface area contributed by atoms with E-state index in [9.17, 15) is 17.6 Å². The van der Waals surface area contributed by atoms with Crippen LogP contribution in [0.2, 0.25) is 0 Å². The van der Waals surface area contributed by atoms with Gasteiger partial charge in [-0.3, -0.25) is 0 Å². The molecule has 2 aromatic carbocycles. The summed E-state index contributed by atoms with van der Waals surface area (Å²) in [5, 5.41) is 0. The molecule has 0 saturated carbocycles. The first kappa shape index (κ1) is 14.7. The Kier molecular flexibility index (Phi) is 4.18. The molecule has 0 amide bonds. The Morgan fingerprint density at radius 2 is 1.75 bits per heavy atom. The SMILES string of the molecule is Fc1cc(CCl)cc(-c2ccccc2OC(F)(F)F)c1. The average molecular weight is 305 g/mol. The lowest BCUT2D eigenvalue weighted by Crippen LogP contribution is -2.17. The van der Waals surface area contributed by atoms with Crippen LogP contribution in [0.5, 0.6) is 5.75 Å². The summed E-state index contributed by atoms with van der Waals surface area (Å²) in [4.78, 5) is 0. The molecule has 0 aromatic heterocycles. The lowest BCUT2D eigenvalue weighted by atomic mass is 10.0. The van der Waals surface area contributed by atoms with Gasteiger partial charge in [0.25, 0.3) is 0 Å². The summed E-state index contributed by atoms with van der Waals surface area (Å²) in [7, 11) is 0. The van der Waals surface area contributed by atoms with Gasteiger partial charge in [-0.2, -0.15) is 0 Å². The maximum Gasteiger partial charge on any atom is 0.573 e. The van der Waals surface area contributed by atoms with Gasteiger partial charge in [0.05, 0.1) is 0 Å². The Hall–Kier alpha value is -1.75. The fourth-order valence-corrected chi connectivity index (χ4v) is 1.96. The number of alkyl halides is 4. The van der Waals surface area contributed by atoms with Crippen molar-refractivity contribution in [3.63, 3.8) is 0 Å². The minimum atomic E-state index is -4.81. The number of rotatable bonds is 3. The first-order chi connectivity index (χ1) is 9.39. The summed E-state index contributed by atoms with van der Waals surface area (Å²) in [5.41, 5.74) is 0.902. The third kappa shape index (κ3) is 3.63. The molecule has 0 atom stereocenters. The highest BCUT2D eigenvalue weighted by molar-refractivity contribution is 6.17. The summed E-state index contributed by atoms with van der Waals surface area (Å²) >= 11 is 5.63. The third-order valence-corrected chi connectivity index (χ3v) is 2.84. The van der Waals surface area contributed by atoms with Crippen LogP contribution < -0.4 is 4.74 Å². The molecule has 0 heterocycles. The largest absolute Gasteiger partial charge is 0.573 e. The quantitative estimate of drug-likeness (QED) is 0.564. The maximum atomic E-state index is 13.4. The van der Waals surface area contributed by atoms with Gasteiger partial charge in [-0.15, -0.1) is 24.8 Å². The Bertz CT molecular complexity index is 610. The lowest BCUT2D eigenvalue weighted by Gasteiger charge is -2.13. The first-order valence-electron chi connectivity index (χ1n) is 5.59. The number of hydrogen-bond acceptors (Lipinski definition) is 1. The number of para-hydroxylation sites is 1. The molecule has 0 aliphatic heterocycles. The van der Waals surface area contributed by atoms with E-state index in [4.69, 9.17) is 11.6 Å². The van der Waals surface area contributed by atoms with E-state index >= 15 is 0 Å². The van der Waals surface area contributed by atoms with Crippen LogP contribution in [0.3, 0.4) is 0 Å². The summed E-state index contributed by atoms with van der Waals surface area (Å²) in [6.45, 7) is 0. The second-order valence-electron chi connectivity index (χ2n) is 4.03.